The molecular formula is C25H17ClFN3O2. The fourth-order valence-corrected chi connectivity index (χ4v) is 4.28. The number of pyridine rings is 1. The van der Waals surface area contributed by atoms with Crippen LogP contribution in [0.2, 0.25) is 5.02 Å². The Morgan fingerprint density at radius 1 is 0.906 bits per heavy atom. The lowest BCUT2D eigenvalue weighted by Gasteiger charge is -2.21. The highest BCUT2D eigenvalue weighted by Gasteiger charge is 2.23. The van der Waals surface area contributed by atoms with Gasteiger partial charge in [0.15, 0.2) is 11.5 Å². The number of rotatable bonds is 3. The molecule has 3 aliphatic heterocycles. The maximum atomic E-state index is 13.9. The highest BCUT2D eigenvalue weighted by atomic mass is 35.5. The Bertz CT molecular complexity index is 1430. The Hall–Kier alpha value is -3.64. The molecule has 0 bridgehead atoms. The fourth-order valence-electron chi connectivity index (χ4n) is 4.16. The van der Waals surface area contributed by atoms with Crippen molar-refractivity contribution in [2.75, 3.05) is 13.2 Å². The molecule has 0 atom stereocenters. The minimum atomic E-state index is -0.263. The van der Waals surface area contributed by atoms with Gasteiger partial charge < -0.3 is 14.0 Å². The smallest absolute Gasteiger partial charge is 0.163 e. The second kappa shape index (κ2) is 7.50. The van der Waals surface area contributed by atoms with Crippen LogP contribution in [0.1, 0.15) is 5.56 Å². The molecule has 158 valence electrons. The van der Waals surface area contributed by atoms with Crippen molar-refractivity contribution in [2.24, 2.45) is 0 Å². The van der Waals surface area contributed by atoms with Gasteiger partial charge in [-0.15, -0.1) is 10.2 Å². The van der Waals surface area contributed by atoms with E-state index in [-0.39, 0.29) is 5.82 Å². The lowest BCUT2D eigenvalue weighted by atomic mass is 10.0. The SMILES string of the molecule is Fc1cccc(Cn2cc3c(-c4ccc(Cl)cc4)nnc-3c3cc4c(cc32)OCCO4)c1. The summed E-state index contributed by atoms with van der Waals surface area (Å²) in [4.78, 5) is 0. The molecule has 0 saturated heterocycles. The standard InChI is InChI=1S/C25H17ClFN3O2/c26-17-6-4-16(5-7-17)24-20-14-30(13-15-2-1-3-18(27)10-15)21-12-23-22(31-8-9-32-23)11-19(21)25(20)29-28-24/h1-7,10-12,14H,8-9,13H2. The maximum absolute atomic E-state index is 13.9. The minimum absolute atomic E-state index is 0.263. The molecular weight excluding hydrogens is 429 g/mol. The zero-order valence-electron chi connectivity index (χ0n) is 16.9. The number of hydrogen-bond acceptors (Lipinski definition) is 4. The van der Waals surface area contributed by atoms with E-state index in [1.54, 1.807) is 12.1 Å². The molecule has 0 N–H and O–H groups in total. The Morgan fingerprint density at radius 3 is 2.44 bits per heavy atom. The molecule has 5 nitrogen and oxygen atoms in total. The van der Waals surface area contributed by atoms with E-state index in [0.717, 1.165) is 39.0 Å². The second-order valence-corrected chi connectivity index (χ2v) is 8.15. The van der Waals surface area contributed by atoms with Crippen LogP contribution in [0.4, 0.5) is 4.39 Å². The molecule has 6 rings (SSSR count). The van der Waals surface area contributed by atoms with E-state index >= 15 is 0 Å². The Labute approximate surface area is 188 Å². The first kappa shape index (κ1) is 19.1. The normalized spacial score (nSPS) is 13.1. The van der Waals surface area contributed by atoms with Crippen LogP contribution in [0, 0.1) is 5.82 Å². The summed E-state index contributed by atoms with van der Waals surface area (Å²) in [7, 11) is 0. The average molecular weight is 446 g/mol. The van der Waals surface area contributed by atoms with Gasteiger partial charge in [-0.3, -0.25) is 0 Å². The van der Waals surface area contributed by atoms with E-state index in [1.807, 2.05) is 48.7 Å². The summed E-state index contributed by atoms with van der Waals surface area (Å²) in [6, 6.07) is 18.0. The first-order chi connectivity index (χ1) is 15.7. The number of aromatic nitrogens is 3. The van der Waals surface area contributed by atoms with E-state index in [4.69, 9.17) is 21.1 Å². The molecule has 7 heteroatoms. The Morgan fingerprint density at radius 2 is 1.66 bits per heavy atom. The zero-order valence-corrected chi connectivity index (χ0v) is 17.6. The summed E-state index contributed by atoms with van der Waals surface area (Å²) in [5.41, 5.74) is 5.12. The van der Waals surface area contributed by atoms with Gasteiger partial charge in [-0.1, -0.05) is 35.9 Å². The molecule has 0 amide bonds. The van der Waals surface area contributed by atoms with Gasteiger partial charge in [0.1, 0.15) is 30.4 Å². The van der Waals surface area contributed by atoms with Crippen LogP contribution >= 0.6 is 11.6 Å². The van der Waals surface area contributed by atoms with E-state index in [0.29, 0.717) is 36.3 Å². The van der Waals surface area contributed by atoms with E-state index in [9.17, 15) is 4.39 Å². The Balaban J connectivity index is 1.60. The van der Waals surface area contributed by atoms with Crippen LogP contribution in [-0.4, -0.2) is 28.0 Å². The molecule has 0 spiro atoms. The first-order valence-electron chi connectivity index (χ1n) is 10.2. The van der Waals surface area contributed by atoms with Crippen molar-refractivity contribution >= 4 is 22.5 Å². The number of benzene rings is 3. The summed E-state index contributed by atoms with van der Waals surface area (Å²) in [6.45, 7) is 1.48. The molecule has 0 radical (unpaired) electrons. The van der Waals surface area contributed by atoms with Gasteiger partial charge in [-0.05, 0) is 35.9 Å². The molecule has 32 heavy (non-hydrogen) atoms. The topological polar surface area (TPSA) is 49.2 Å². The fraction of sp³-hybridized carbons (Fsp3) is 0.120. The van der Waals surface area contributed by atoms with E-state index < -0.39 is 0 Å². The third-order valence-corrected chi connectivity index (χ3v) is 5.88. The van der Waals surface area contributed by atoms with E-state index in [2.05, 4.69) is 14.8 Å². The van der Waals surface area contributed by atoms with Crippen LogP contribution < -0.4 is 9.47 Å². The van der Waals surface area contributed by atoms with Gasteiger partial charge in [0.2, 0.25) is 0 Å². The predicted octanol–water partition coefficient (Wildman–Crippen LogP) is 5.82. The molecule has 3 aliphatic rings. The summed E-state index contributed by atoms with van der Waals surface area (Å²) in [6.07, 6.45) is 2.02. The number of nitrogens with zero attached hydrogens (tertiary/aromatic N) is 3. The third kappa shape index (κ3) is 3.24. The first-order valence-corrected chi connectivity index (χ1v) is 10.6. The molecule has 0 fully saturated rings. The molecule has 3 aromatic carbocycles. The van der Waals surface area contributed by atoms with Gasteiger partial charge in [0.25, 0.3) is 0 Å². The van der Waals surface area contributed by atoms with Crippen molar-refractivity contribution in [2.45, 2.75) is 6.54 Å². The average Bonchev–Trinajstić information content (AvgIpc) is 3.23. The Kier molecular flexibility index (Phi) is 4.47. The molecule has 0 aromatic heterocycles. The van der Waals surface area contributed by atoms with Crippen molar-refractivity contribution in [1.82, 2.24) is 14.8 Å². The van der Waals surface area contributed by atoms with Crippen LogP contribution in [0.5, 0.6) is 11.5 Å². The van der Waals surface area contributed by atoms with Gasteiger partial charge in [-0.25, -0.2) is 4.39 Å². The van der Waals surface area contributed by atoms with Crippen molar-refractivity contribution in [1.29, 1.82) is 0 Å². The van der Waals surface area contributed by atoms with Crippen molar-refractivity contribution in [3.8, 4) is 34.0 Å². The van der Waals surface area contributed by atoms with E-state index in [1.165, 1.54) is 6.07 Å². The number of halogens is 2. The highest BCUT2D eigenvalue weighted by Crippen LogP contribution is 2.42. The molecule has 0 saturated carbocycles. The minimum Gasteiger partial charge on any atom is -0.486 e. The lowest BCUT2D eigenvalue weighted by Crippen LogP contribution is -2.15. The summed E-state index contributed by atoms with van der Waals surface area (Å²) >= 11 is 6.07. The van der Waals surface area contributed by atoms with Crippen molar-refractivity contribution < 1.29 is 13.9 Å². The summed E-state index contributed by atoms with van der Waals surface area (Å²) < 4.78 is 27.5. The number of fused-ring (bicyclic) bond motifs is 4. The second-order valence-electron chi connectivity index (χ2n) is 7.72. The number of hydrogen-bond donors (Lipinski definition) is 0. The van der Waals surface area contributed by atoms with Crippen molar-refractivity contribution in [3.63, 3.8) is 0 Å². The quantitative estimate of drug-likeness (QED) is 0.351. The molecule has 0 aliphatic carbocycles. The molecule has 0 unspecified atom stereocenters. The largest absolute Gasteiger partial charge is 0.486 e. The monoisotopic (exact) mass is 445 g/mol. The summed E-state index contributed by atoms with van der Waals surface area (Å²) in [5, 5.41) is 10.5. The van der Waals surface area contributed by atoms with Crippen LogP contribution in [0.15, 0.2) is 66.9 Å². The zero-order chi connectivity index (χ0) is 21.7. The van der Waals surface area contributed by atoms with Gasteiger partial charge in [-0.2, -0.15) is 0 Å². The van der Waals surface area contributed by atoms with Crippen LogP contribution in [0.3, 0.4) is 0 Å². The third-order valence-electron chi connectivity index (χ3n) is 5.63. The highest BCUT2D eigenvalue weighted by molar-refractivity contribution is 6.30. The molecule has 3 heterocycles. The summed E-state index contributed by atoms with van der Waals surface area (Å²) in [5.74, 6) is 1.11. The lowest BCUT2D eigenvalue weighted by molar-refractivity contribution is 0.172. The van der Waals surface area contributed by atoms with Gasteiger partial charge >= 0.3 is 0 Å². The van der Waals surface area contributed by atoms with Crippen molar-refractivity contribution in [3.05, 3.63) is 83.3 Å². The maximum Gasteiger partial charge on any atom is 0.163 e. The van der Waals surface area contributed by atoms with Crippen LogP contribution in [0.25, 0.3) is 33.4 Å². The van der Waals surface area contributed by atoms with Gasteiger partial charge in [0.05, 0.1) is 5.52 Å². The van der Waals surface area contributed by atoms with Crippen LogP contribution in [-0.2, 0) is 6.54 Å². The van der Waals surface area contributed by atoms with Gasteiger partial charge in [0, 0.05) is 40.3 Å². The molecule has 3 aromatic rings. The predicted molar refractivity (Wildman–Crippen MR) is 121 cm³/mol. The number of ether oxygens (including phenoxy) is 2.